The van der Waals surface area contributed by atoms with Crippen molar-refractivity contribution in [3.63, 3.8) is 0 Å². The number of rotatable bonds is 3. The van der Waals surface area contributed by atoms with Gasteiger partial charge in [-0.2, -0.15) is 0 Å². The Morgan fingerprint density at radius 2 is 2.14 bits per heavy atom. The van der Waals surface area contributed by atoms with E-state index in [2.05, 4.69) is 12.2 Å². The second-order valence-corrected chi connectivity index (χ2v) is 1.04. The summed E-state index contributed by atoms with van der Waals surface area (Å²) in [6.45, 7) is 5.91. The van der Waals surface area contributed by atoms with Gasteiger partial charge in [0.2, 0.25) is 0 Å². The topological polar surface area (TPSA) is 38.0 Å². The van der Waals surface area contributed by atoms with Crippen molar-refractivity contribution < 1.29 is 21.7 Å². The van der Waals surface area contributed by atoms with Crippen LogP contribution in [0.3, 0.4) is 0 Å². The Hall–Kier alpha value is 0.634. The van der Waals surface area contributed by atoms with Crippen molar-refractivity contribution in [2.45, 2.75) is 0 Å². The summed E-state index contributed by atoms with van der Waals surface area (Å²) >= 11 is 0. The minimum absolute atomic E-state index is 0. The molecule has 0 fully saturated rings. The second kappa shape index (κ2) is 9.81. The molecule has 0 amide bonds. The minimum atomic E-state index is 0. The Kier molecular flexibility index (Phi) is 14.8. The number of hydrogen-bond donors (Lipinski definition) is 2. The molecular formula is C4H11N2Ti. The monoisotopic (exact) mass is 135 g/mol. The average Bonchev–Trinajstić information content (AvgIpc) is 1.61. The molecule has 1 radical (unpaired) electrons. The van der Waals surface area contributed by atoms with E-state index in [0.29, 0.717) is 6.54 Å². The van der Waals surface area contributed by atoms with Crippen molar-refractivity contribution in [2.24, 2.45) is 5.73 Å². The van der Waals surface area contributed by atoms with Crippen LogP contribution in [0.5, 0.6) is 0 Å². The summed E-state index contributed by atoms with van der Waals surface area (Å²) in [6, 6.07) is 0. The van der Waals surface area contributed by atoms with E-state index in [1.807, 2.05) is 0 Å². The van der Waals surface area contributed by atoms with E-state index in [9.17, 15) is 0 Å². The van der Waals surface area contributed by atoms with Crippen LogP contribution in [0.4, 0.5) is 0 Å². The molecule has 0 aromatic heterocycles. The van der Waals surface area contributed by atoms with E-state index in [4.69, 9.17) is 5.73 Å². The second-order valence-electron chi connectivity index (χ2n) is 1.04. The summed E-state index contributed by atoms with van der Waals surface area (Å²) in [6.07, 6.45) is 0. The fourth-order valence-corrected chi connectivity index (χ4v) is 0.227. The maximum absolute atomic E-state index is 5.12. The minimum Gasteiger partial charge on any atom is -0.329 e. The van der Waals surface area contributed by atoms with Gasteiger partial charge in [0.1, 0.15) is 0 Å². The van der Waals surface area contributed by atoms with Gasteiger partial charge >= 0.3 is 0 Å². The van der Waals surface area contributed by atoms with Crippen molar-refractivity contribution in [1.29, 1.82) is 0 Å². The van der Waals surface area contributed by atoms with Gasteiger partial charge in [-0.15, -0.1) is 0 Å². The van der Waals surface area contributed by atoms with Gasteiger partial charge in [0, 0.05) is 34.8 Å². The summed E-state index contributed by atoms with van der Waals surface area (Å²) in [4.78, 5) is 0. The molecule has 0 spiro atoms. The van der Waals surface area contributed by atoms with Crippen LogP contribution in [0.1, 0.15) is 0 Å². The largest absolute Gasteiger partial charge is 0.329 e. The van der Waals surface area contributed by atoms with Crippen molar-refractivity contribution in [1.82, 2.24) is 5.32 Å². The third kappa shape index (κ3) is 10.8. The van der Waals surface area contributed by atoms with Crippen LogP contribution in [0.2, 0.25) is 0 Å². The summed E-state index contributed by atoms with van der Waals surface area (Å²) in [7, 11) is 0. The average molecular weight is 135 g/mol. The van der Waals surface area contributed by atoms with Crippen LogP contribution in [0, 0.1) is 6.92 Å². The number of nitrogens with two attached hydrogens (primary N) is 1. The number of nitrogens with one attached hydrogen (secondary N) is 1. The molecule has 0 aliphatic carbocycles. The summed E-state index contributed by atoms with van der Waals surface area (Å²) in [5, 5.41) is 2.96. The Balaban J connectivity index is 0. The Morgan fingerprint density at radius 3 is 2.29 bits per heavy atom. The first-order valence-electron chi connectivity index (χ1n) is 2.12. The first-order chi connectivity index (χ1) is 2.91. The van der Waals surface area contributed by atoms with E-state index < -0.39 is 0 Å². The van der Waals surface area contributed by atoms with Crippen LogP contribution >= 0.6 is 0 Å². The Bertz CT molecular complexity index is 21.7. The van der Waals surface area contributed by atoms with Gasteiger partial charge in [0.15, 0.2) is 0 Å². The summed E-state index contributed by atoms with van der Waals surface area (Å²) in [5.41, 5.74) is 5.12. The number of hydrogen-bond acceptors (Lipinski definition) is 2. The van der Waals surface area contributed by atoms with Crippen molar-refractivity contribution in [3.8, 4) is 0 Å². The smallest absolute Gasteiger partial charge is 0.00745 e. The van der Waals surface area contributed by atoms with Gasteiger partial charge < -0.3 is 11.1 Å². The fourth-order valence-electron chi connectivity index (χ4n) is 0.227. The molecule has 0 saturated heterocycles. The van der Waals surface area contributed by atoms with E-state index in [-0.39, 0.29) is 21.7 Å². The van der Waals surface area contributed by atoms with Gasteiger partial charge in [0.25, 0.3) is 0 Å². The van der Waals surface area contributed by atoms with Crippen molar-refractivity contribution >= 4 is 0 Å². The van der Waals surface area contributed by atoms with E-state index in [0.717, 1.165) is 13.1 Å². The molecule has 0 aromatic rings. The maximum atomic E-state index is 5.12. The standard InChI is InChI=1S/C4H11N2.Ti/c1-2-6-4-3-5;/h6H,1-5H2;. The molecule has 0 unspecified atom stereocenters. The van der Waals surface area contributed by atoms with Gasteiger partial charge in [-0.05, 0) is 13.5 Å². The molecule has 0 aliphatic rings. The van der Waals surface area contributed by atoms with Crippen LogP contribution in [-0.4, -0.2) is 19.6 Å². The third-order valence-electron chi connectivity index (χ3n) is 0.498. The van der Waals surface area contributed by atoms with Gasteiger partial charge in [0.05, 0.1) is 0 Å². The molecule has 0 saturated carbocycles. The predicted molar refractivity (Wildman–Crippen MR) is 27.3 cm³/mol. The zero-order chi connectivity index (χ0) is 4.83. The molecule has 0 aliphatic heterocycles. The molecule has 0 rings (SSSR count). The molecule has 0 bridgehead atoms. The first-order valence-corrected chi connectivity index (χ1v) is 2.12. The predicted octanol–water partition coefficient (Wildman–Crippen LogP) is -0.634. The quantitative estimate of drug-likeness (QED) is 0.399. The molecule has 3 heteroatoms. The van der Waals surface area contributed by atoms with Gasteiger partial charge in [-0.3, -0.25) is 0 Å². The molecule has 7 heavy (non-hydrogen) atoms. The van der Waals surface area contributed by atoms with E-state index in [1.165, 1.54) is 0 Å². The normalized spacial score (nSPS) is 7.71. The van der Waals surface area contributed by atoms with Gasteiger partial charge in [-0.1, -0.05) is 0 Å². The van der Waals surface area contributed by atoms with Crippen LogP contribution in [-0.2, 0) is 21.7 Å². The zero-order valence-electron chi connectivity index (χ0n) is 4.41. The SMILES string of the molecule is [CH2]CNCCN.[Ti]. The van der Waals surface area contributed by atoms with E-state index >= 15 is 0 Å². The molecule has 2 nitrogen and oxygen atoms in total. The molecule has 0 heterocycles. The molecule has 0 atom stereocenters. The molecular weight excluding hydrogens is 124 g/mol. The summed E-state index contributed by atoms with van der Waals surface area (Å²) < 4.78 is 0. The zero-order valence-corrected chi connectivity index (χ0v) is 5.97. The maximum Gasteiger partial charge on any atom is 0.00745 e. The van der Waals surface area contributed by atoms with Crippen LogP contribution in [0.15, 0.2) is 0 Å². The first kappa shape index (κ1) is 10.6. The third-order valence-corrected chi connectivity index (χ3v) is 0.498. The molecule has 0 aromatic carbocycles. The molecule has 41 valence electrons. The fraction of sp³-hybridized carbons (Fsp3) is 0.750. The van der Waals surface area contributed by atoms with Crippen molar-refractivity contribution in [2.75, 3.05) is 19.6 Å². The van der Waals surface area contributed by atoms with E-state index in [1.54, 1.807) is 0 Å². The Morgan fingerprint density at radius 1 is 1.57 bits per heavy atom. The molecule has 3 N–H and O–H groups in total. The Labute approximate surface area is 59.7 Å². The van der Waals surface area contributed by atoms with Crippen molar-refractivity contribution in [3.05, 3.63) is 6.92 Å². The van der Waals surface area contributed by atoms with Gasteiger partial charge in [-0.25, -0.2) is 0 Å². The van der Waals surface area contributed by atoms with Crippen LogP contribution < -0.4 is 11.1 Å². The van der Waals surface area contributed by atoms with Crippen LogP contribution in [0.25, 0.3) is 0 Å². The summed E-state index contributed by atoms with van der Waals surface area (Å²) in [5.74, 6) is 0.